The number of anilines is 1. The molecular weight excluding hydrogens is 320 g/mol. The fraction of sp³-hybridized carbons (Fsp3) is 0.263. The van der Waals surface area contributed by atoms with Gasteiger partial charge in [0.05, 0.1) is 5.52 Å². The van der Waals surface area contributed by atoms with Gasteiger partial charge in [-0.3, -0.25) is 4.90 Å². The number of piperazine rings is 1. The Bertz CT molecular complexity index is 829. The zero-order chi connectivity index (χ0) is 16.4. The maximum Gasteiger partial charge on any atom is 0.227 e. The van der Waals surface area contributed by atoms with Crippen LogP contribution in [0.2, 0.25) is 5.15 Å². The van der Waals surface area contributed by atoms with Gasteiger partial charge < -0.3 is 4.90 Å². The molecule has 4 rings (SSSR count). The number of fused-ring (bicyclic) bond motifs is 1. The predicted molar refractivity (Wildman–Crippen MR) is 98.5 cm³/mol. The molecule has 0 saturated carbocycles. The number of nitrogens with zero attached hydrogens (tertiary/aromatic N) is 4. The highest BCUT2D eigenvalue weighted by Crippen LogP contribution is 2.23. The number of hydrogen-bond donors (Lipinski definition) is 0. The Morgan fingerprint density at radius 1 is 0.833 bits per heavy atom. The highest BCUT2D eigenvalue weighted by atomic mass is 35.5. The van der Waals surface area contributed by atoms with Gasteiger partial charge in [-0.1, -0.05) is 54.1 Å². The second kappa shape index (κ2) is 6.75. The van der Waals surface area contributed by atoms with Gasteiger partial charge in [0, 0.05) is 38.1 Å². The molecule has 0 spiro atoms. The van der Waals surface area contributed by atoms with Gasteiger partial charge in [-0.05, 0) is 17.7 Å². The van der Waals surface area contributed by atoms with Crippen molar-refractivity contribution in [3.8, 4) is 0 Å². The molecule has 0 bridgehead atoms. The van der Waals surface area contributed by atoms with Gasteiger partial charge in [0.1, 0.15) is 5.15 Å². The van der Waals surface area contributed by atoms with Crippen molar-refractivity contribution in [3.63, 3.8) is 0 Å². The molecule has 24 heavy (non-hydrogen) atoms. The molecule has 1 aliphatic heterocycles. The molecule has 1 aliphatic rings. The van der Waals surface area contributed by atoms with Crippen LogP contribution < -0.4 is 4.90 Å². The van der Waals surface area contributed by atoms with Crippen LogP contribution in [0.15, 0.2) is 54.6 Å². The van der Waals surface area contributed by atoms with Crippen molar-refractivity contribution in [2.75, 3.05) is 31.1 Å². The Morgan fingerprint density at radius 3 is 2.33 bits per heavy atom. The zero-order valence-electron chi connectivity index (χ0n) is 13.4. The molecule has 0 N–H and O–H groups in total. The topological polar surface area (TPSA) is 32.3 Å². The van der Waals surface area contributed by atoms with E-state index in [9.17, 15) is 0 Å². The first-order chi connectivity index (χ1) is 11.8. The van der Waals surface area contributed by atoms with Crippen molar-refractivity contribution >= 4 is 28.5 Å². The molecule has 5 heteroatoms. The van der Waals surface area contributed by atoms with E-state index in [4.69, 9.17) is 11.6 Å². The lowest BCUT2D eigenvalue weighted by Crippen LogP contribution is -2.46. The smallest absolute Gasteiger partial charge is 0.227 e. The average Bonchev–Trinajstić information content (AvgIpc) is 2.63. The van der Waals surface area contributed by atoms with Crippen molar-refractivity contribution in [1.29, 1.82) is 0 Å². The molecule has 0 atom stereocenters. The Kier molecular flexibility index (Phi) is 4.32. The van der Waals surface area contributed by atoms with Crippen LogP contribution in [-0.4, -0.2) is 41.0 Å². The molecule has 1 saturated heterocycles. The average molecular weight is 339 g/mol. The summed E-state index contributed by atoms with van der Waals surface area (Å²) in [7, 11) is 0. The summed E-state index contributed by atoms with van der Waals surface area (Å²) >= 11 is 6.33. The maximum atomic E-state index is 6.33. The summed E-state index contributed by atoms with van der Waals surface area (Å²) in [4.78, 5) is 13.9. The van der Waals surface area contributed by atoms with Crippen LogP contribution in [-0.2, 0) is 6.54 Å². The Labute approximate surface area is 146 Å². The van der Waals surface area contributed by atoms with E-state index in [0.717, 1.165) is 49.6 Å². The number of rotatable bonds is 3. The molecule has 1 aromatic heterocycles. The second-order valence-electron chi connectivity index (χ2n) is 6.08. The zero-order valence-corrected chi connectivity index (χ0v) is 14.2. The van der Waals surface area contributed by atoms with Gasteiger partial charge in [-0.2, -0.15) is 0 Å². The summed E-state index contributed by atoms with van der Waals surface area (Å²) in [6.07, 6.45) is 0. The standard InChI is InChI=1S/C19H19ClN4/c20-18-16-8-4-5-9-17(16)21-19(22-18)24-12-10-23(11-13-24)14-15-6-2-1-3-7-15/h1-9H,10-14H2. The highest BCUT2D eigenvalue weighted by Gasteiger charge is 2.20. The Hall–Kier alpha value is -2.17. The molecule has 2 aromatic carbocycles. The summed E-state index contributed by atoms with van der Waals surface area (Å²) < 4.78 is 0. The van der Waals surface area contributed by atoms with Gasteiger partial charge in [-0.15, -0.1) is 0 Å². The van der Waals surface area contributed by atoms with E-state index in [1.807, 2.05) is 24.3 Å². The number of para-hydroxylation sites is 1. The lowest BCUT2D eigenvalue weighted by Gasteiger charge is -2.34. The van der Waals surface area contributed by atoms with Crippen LogP contribution in [0.3, 0.4) is 0 Å². The Balaban J connectivity index is 1.46. The predicted octanol–water partition coefficient (Wildman–Crippen LogP) is 3.61. The van der Waals surface area contributed by atoms with Crippen LogP contribution >= 0.6 is 11.6 Å². The molecule has 0 aliphatic carbocycles. The summed E-state index contributed by atoms with van der Waals surface area (Å²) in [5.41, 5.74) is 2.26. The quantitative estimate of drug-likeness (QED) is 0.683. The molecule has 2 heterocycles. The van der Waals surface area contributed by atoms with Crippen LogP contribution in [0.5, 0.6) is 0 Å². The van der Waals surface area contributed by atoms with Crippen LogP contribution in [0.25, 0.3) is 10.9 Å². The van der Waals surface area contributed by atoms with Gasteiger partial charge in [0.15, 0.2) is 0 Å². The number of hydrogen-bond acceptors (Lipinski definition) is 4. The van der Waals surface area contributed by atoms with Crippen molar-refractivity contribution in [1.82, 2.24) is 14.9 Å². The van der Waals surface area contributed by atoms with Gasteiger partial charge >= 0.3 is 0 Å². The van der Waals surface area contributed by atoms with Crippen LogP contribution in [0, 0.1) is 0 Å². The Morgan fingerprint density at radius 2 is 1.54 bits per heavy atom. The van der Waals surface area contributed by atoms with Gasteiger partial charge in [0.2, 0.25) is 5.95 Å². The summed E-state index contributed by atoms with van der Waals surface area (Å²) in [6, 6.07) is 18.5. The molecular formula is C19H19ClN4. The van der Waals surface area contributed by atoms with E-state index in [-0.39, 0.29) is 0 Å². The van der Waals surface area contributed by atoms with Crippen molar-refractivity contribution in [2.24, 2.45) is 0 Å². The third-order valence-corrected chi connectivity index (χ3v) is 4.74. The fourth-order valence-electron chi connectivity index (χ4n) is 3.12. The second-order valence-corrected chi connectivity index (χ2v) is 6.44. The van der Waals surface area contributed by atoms with Crippen LogP contribution in [0.4, 0.5) is 5.95 Å². The monoisotopic (exact) mass is 338 g/mol. The first kappa shape index (κ1) is 15.4. The van der Waals surface area contributed by atoms with Crippen molar-refractivity contribution in [2.45, 2.75) is 6.54 Å². The summed E-state index contributed by atoms with van der Waals surface area (Å²) in [5, 5.41) is 1.44. The minimum Gasteiger partial charge on any atom is -0.338 e. The first-order valence-electron chi connectivity index (χ1n) is 8.23. The molecule has 0 radical (unpaired) electrons. The van der Waals surface area contributed by atoms with E-state index < -0.39 is 0 Å². The van der Waals surface area contributed by atoms with E-state index in [1.165, 1.54) is 5.56 Å². The lowest BCUT2D eigenvalue weighted by molar-refractivity contribution is 0.249. The highest BCUT2D eigenvalue weighted by molar-refractivity contribution is 6.34. The van der Waals surface area contributed by atoms with Crippen molar-refractivity contribution in [3.05, 3.63) is 65.3 Å². The van der Waals surface area contributed by atoms with E-state index in [0.29, 0.717) is 5.15 Å². The molecule has 0 amide bonds. The fourth-order valence-corrected chi connectivity index (χ4v) is 3.35. The SMILES string of the molecule is Clc1nc(N2CCN(Cc3ccccc3)CC2)nc2ccccc12. The van der Waals surface area contributed by atoms with E-state index in [1.54, 1.807) is 0 Å². The lowest BCUT2D eigenvalue weighted by atomic mass is 10.2. The minimum atomic E-state index is 0.530. The minimum absolute atomic E-state index is 0.530. The normalized spacial score (nSPS) is 15.8. The third-order valence-electron chi connectivity index (χ3n) is 4.45. The number of aromatic nitrogens is 2. The van der Waals surface area contributed by atoms with E-state index >= 15 is 0 Å². The molecule has 0 unspecified atom stereocenters. The third kappa shape index (κ3) is 3.21. The molecule has 4 nitrogen and oxygen atoms in total. The molecule has 122 valence electrons. The number of halogens is 1. The van der Waals surface area contributed by atoms with Crippen LogP contribution in [0.1, 0.15) is 5.56 Å². The maximum absolute atomic E-state index is 6.33. The van der Waals surface area contributed by atoms with Gasteiger partial charge in [0.25, 0.3) is 0 Å². The largest absolute Gasteiger partial charge is 0.338 e. The van der Waals surface area contributed by atoms with Gasteiger partial charge in [-0.25, -0.2) is 9.97 Å². The molecule has 1 fully saturated rings. The number of benzene rings is 2. The molecule has 3 aromatic rings. The first-order valence-corrected chi connectivity index (χ1v) is 8.61. The summed E-state index contributed by atoms with van der Waals surface area (Å²) in [6.45, 7) is 4.84. The van der Waals surface area contributed by atoms with Crippen molar-refractivity contribution < 1.29 is 0 Å². The summed E-state index contributed by atoms with van der Waals surface area (Å²) in [5.74, 6) is 0.734. The van der Waals surface area contributed by atoms with E-state index in [2.05, 4.69) is 50.1 Å².